The summed E-state index contributed by atoms with van der Waals surface area (Å²) in [5, 5.41) is 15.2. The molecule has 3 aromatic rings. The highest BCUT2D eigenvalue weighted by molar-refractivity contribution is 14.1. The lowest BCUT2D eigenvalue weighted by Gasteiger charge is -2.22. The maximum absolute atomic E-state index is 13.1. The number of carbonyl (C=O) groups excluding carboxylic acids is 2. The Hall–Kier alpha value is -2.71. The molecular weight excluding hydrogens is 491 g/mol. The second-order valence-corrected chi connectivity index (χ2v) is 8.09. The number of aliphatic hydroxyl groups excluding tert-OH is 1. The van der Waals surface area contributed by atoms with Crippen molar-refractivity contribution in [3.63, 3.8) is 0 Å². The molecule has 0 radical (unpaired) electrons. The van der Waals surface area contributed by atoms with Crippen molar-refractivity contribution in [1.82, 2.24) is 10.6 Å². The van der Waals surface area contributed by atoms with E-state index < -0.39 is 24.5 Å². The van der Waals surface area contributed by atoms with Crippen LogP contribution in [-0.4, -0.2) is 29.6 Å². The smallest absolute Gasteiger partial charge is 0.245 e. The lowest BCUT2D eigenvalue weighted by Crippen LogP contribution is -2.50. The molecule has 0 saturated heterocycles. The number of carbonyl (C=O) groups is 2. The molecule has 5 nitrogen and oxygen atoms in total. The average molecular weight is 514 g/mol. The van der Waals surface area contributed by atoms with Crippen molar-refractivity contribution in [3.8, 4) is 0 Å². The van der Waals surface area contributed by atoms with Crippen LogP contribution in [0.2, 0.25) is 0 Å². The average Bonchev–Trinajstić information content (AvgIpc) is 2.77. The van der Waals surface area contributed by atoms with Gasteiger partial charge in [-0.05, 0) is 51.4 Å². The lowest BCUT2D eigenvalue weighted by molar-refractivity contribution is -0.130. The fourth-order valence-electron chi connectivity index (χ4n) is 3.19. The van der Waals surface area contributed by atoms with Gasteiger partial charge in [0.2, 0.25) is 11.8 Å². The molecule has 0 unspecified atom stereocenters. The number of rotatable bonds is 8. The molecular formula is C24H23IN2O3. The second-order valence-electron chi connectivity index (χ2n) is 6.85. The summed E-state index contributed by atoms with van der Waals surface area (Å²) in [4.78, 5) is 25.7. The molecule has 3 rings (SSSR count). The second kappa shape index (κ2) is 10.9. The molecule has 0 aliphatic heterocycles. The Kier molecular flexibility index (Phi) is 7.98. The molecule has 0 saturated carbocycles. The van der Waals surface area contributed by atoms with Crippen LogP contribution in [0.3, 0.4) is 0 Å². The molecule has 0 bridgehead atoms. The molecule has 2 amide bonds. The summed E-state index contributed by atoms with van der Waals surface area (Å²) >= 11 is 2.21. The standard InChI is InChI=1S/C24H23IN2O3/c25-20-13-7-8-17(14-20)15-26-23(29)21(16-28)27-24(30)22(18-9-3-1-4-10-18)19-11-5-2-6-12-19/h1-14,21-22,28H,15-16H2,(H,26,29)(H,27,30)/t21-/m0/s1. The number of aliphatic hydroxyl groups is 1. The van der Waals surface area contributed by atoms with Gasteiger partial charge in [-0.15, -0.1) is 0 Å². The van der Waals surface area contributed by atoms with Crippen molar-refractivity contribution in [1.29, 1.82) is 0 Å². The Morgan fingerprint density at radius 2 is 1.43 bits per heavy atom. The summed E-state index contributed by atoms with van der Waals surface area (Å²) in [5.74, 6) is -1.34. The van der Waals surface area contributed by atoms with Gasteiger partial charge in [0.1, 0.15) is 6.04 Å². The van der Waals surface area contributed by atoms with Gasteiger partial charge in [0.25, 0.3) is 0 Å². The van der Waals surface area contributed by atoms with Crippen molar-refractivity contribution in [2.45, 2.75) is 18.5 Å². The molecule has 3 N–H and O–H groups in total. The first-order valence-corrected chi connectivity index (χ1v) is 10.7. The molecule has 0 aromatic heterocycles. The van der Waals surface area contributed by atoms with Gasteiger partial charge in [0.15, 0.2) is 0 Å². The number of amides is 2. The van der Waals surface area contributed by atoms with E-state index in [0.717, 1.165) is 20.3 Å². The summed E-state index contributed by atoms with van der Waals surface area (Å²) < 4.78 is 1.07. The van der Waals surface area contributed by atoms with E-state index in [1.807, 2.05) is 84.9 Å². The zero-order chi connectivity index (χ0) is 21.3. The fraction of sp³-hybridized carbons (Fsp3) is 0.167. The van der Waals surface area contributed by atoms with Gasteiger partial charge in [-0.3, -0.25) is 9.59 Å². The minimum Gasteiger partial charge on any atom is -0.394 e. The van der Waals surface area contributed by atoms with E-state index in [1.54, 1.807) is 0 Å². The lowest BCUT2D eigenvalue weighted by atomic mass is 9.90. The first-order valence-electron chi connectivity index (χ1n) is 9.61. The molecule has 154 valence electrons. The molecule has 3 aromatic carbocycles. The first kappa shape index (κ1) is 22.0. The highest BCUT2D eigenvalue weighted by Crippen LogP contribution is 2.24. The van der Waals surface area contributed by atoms with E-state index in [2.05, 4.69) is 33.2 Å². The maximum atomic E-state index is 13.1. The molecule has 30 heavy (non-hydrogen) atoms. The highest BCUT2D eigenvalue weighted by atomic mass is 127. The first-order chi connectivity index (χ1) is 14.6. The van der Waals surface area contributed by atoms with Crippen molar-refractivity contribution >= 4 is 34.4 Å². The van der Waals surface area contributed by atoms with Crippen LogP contribution >= 0.6 is 22.6 Å². The molecule has 0 aliphatic rings. The van der Waals surface area contributed by atoms with Gasteiger partial charge in [-0.25, -0.2) is 0 Å². The summed E-state index contributed by atoms with van der Waals surface area (Å²) in [6, 6.07) is 25.5. The van der Waals surface area contributed by atoms with Crippen LogP contribution in [0.1, 0.15) is 22.6 Å². The minimum absolute atomic E-state index is 0.322. The van der Waals surface area contributed by atoms with Crippen molar-refractivity contribution in [3.05, 3.63) is 105 Å². The zero-order valence-corrected chi connectivity index (χ0v) is 18.5. The van der Waals surface area contributed by atoms with Crippen LogP contribution in [0.5, 0.6) is 0 Å². The fourth-order valence-corrected chi connectivity index (χ4v) is 3.80. The summed E-state index contributed by atoms with van der Waals surface area (Å²) in [7, 11) is 0. The summed E-state index contributed by atoms with van der Waals surface area (Å²) in [5.41, 5.74) is 2.58. The van der Waals surface area contributed by atoms with Gasteiger partial charge in [0.05, 0.1) is 12.5 Å². The van der Waals surface area contributed by atoms with Crippen LogP contribution in [0, 0.1) is 3.57 Å². The molecule has 0 heterocycles. The topological polar surface area (TPSA) is 78.4 Å². The largest absolute Gasteiger partial charge is 0.394 e. The summed E-state index contributed by atoms with van der Waals surface area (Å²) in [6.07, 6.45) is 0. The molecule has 6 heteroatoms. The number of hydrogen-bond donors (Lipinski definition) is 3. The zero-order valence-electron chi connectivity index (χ0n) is 16.3. The van der Waals surface area contributed by atoms with Crippen LogP contribution in [0.25, 0.3) is 0 Å². The van der Waals surface area contributed by atoms with E-state index in [-0.39, 0.29) is 5.91 Å². The minimum atomic E-state index is -1.03. The quantitative estimate of drug-likeness (QED) is 0.404. The van der Waals surface area contributed by atoms with Crippen LogP contribution in [0.4, 0.5) is 0 Å². The van der Waals surface area contributed by atoms with E-state index in [9.17, 15) is 14.7 Å². The van der Waals surface area contributed by atoms with Gasteiger partial charge >= 0.3 is 0 Å². The van der Waals surface area contributed by atoms with Gasteiger partial charge in [-0.2, -0.15) is 0 Å². The van der Waals surface area contributed by atoms with Crippen molar-refractivity contribution in [2.75, 3.05) is 6.61 Å². The predicted octanol–water partition coefficient (Wildman–Crippen LogP) is 3.22. The molecule has 1 atom stereocenters. The number of halogens is 1. The monoisotopic (exact) mass is 514 g/mol. The van der Waals surface area contributed by atoms with E-state index in [4.69, 9.17) is 0 Å². The Labute approximate surface area is 189 Å². The van der Waals surface area contributed by atoms with Crippen molar-refractivity contribution < 1.29 is 14.7 Å². The predicted molar refractivity (Wildman–Crippen MR) is 125 cm³/mol. The third-order valence-corrected chi connectivity index (χ3v) is 5.37. The van der Waals surface area contributed by atoms with Crippen molar-refractivity contribution in [2.24, 2.45) is 0 Å². The Balaban J connectivity index is 1.72. The Morgan fingerprint density at radius 1 is 0.833 bits per heavy atom. The summed E-state index contributed by atoms with van der Waals surface area (Å²) in [6.45, 7) is -0.164. The maximum Gasteiger partial charge on any atom is 0.245 e. The Bertz CT molecular complexity index is 941. The molecule has 0 aliphatic carbocycles. The van der Waals surface area contributed by atoms with Gasteiger partial charge in [0, 0.05) is 10.1 Å². The molecule has 0 spiro atoms. The van der Waals surface area contributed by atoms with Gasteiger partial charge < -0.3 is 15.7 Å². The van der Waals surface area contributed by atoms with Crippen LogP contribution in [-0.2, 0) is 16.1 Å². The SMILES string of the molecule is O=C(N[C@@H](CO)C(=O)NCc1cccc(I)c1)C(c1ccccc1)c1ccccc1. The van der Waals surface area contributed by atoms with E-state index in [1.165, 1.54) is 0 Å². The highest BCUT2D eigenvalue weighted by Gasteiger charge is 2.27. The van der Waals surface area contributed by atoms with E-state index >= 15 is 0 Å². The van der Waals surface area contributed by atoms with Crippen LogP contribution < -0.4 is 10.6 Å². The third-order valence-electron chi connectivity index (χ3n) is 4.70. The van der Waals surface area contributed by atoms with Gasteiger partial charge in [-0.1, -0.05) is 72.8 Å². The third kappa shape index (κ3) is 5.90. The van der Waals surface area contributed by atoms with E-state index in [0.29, 0.717) is 6.54 Å². The number of hydrogen-bond acceptors (Lipinski definition) is 3. The van der Waals surface area contributed by atoms with Crippen LogP contribution in [0.15, 0.2) is 84.9 Å². The Morgan fingerprint density at radius 3 is 1.97 bits per heavy atom. The number of benzene rings is 3. The normalized spacial score (nSPS) is 11.7. The number of nitrogens with one attached hydrogen (secondary N) is 2. The molecule has 0 fully saturated rings.